The highest BCUT2D eigenvalue weighted by Gasteiger charge is 2.28. The zero-order valence-electron chi connectivity index (χ0n) is 17.8. The number of hydrogen-bond donors (Lipinski definition) is 2. The van der Waals surface area contributed by atoms with Crippen LogP contribution in [0.4, 0.5) is 10.6 Å². The van der Waals surface area contributed by atoms with E-state index < -0.39 is 0 Å². The third-order valence-electron chi connectivity index (χ3n) is 5.12. The van der Waals surface area contributed by atoms with Gasteiger partial charge in [0, 0.05) is 44.1 Å². The van der Waals surface area contributed by atoms with Gasteiger partial charge in [-0.1, -0.05) is 0 Å². The van der Waals surface area contributed by atoms with Gasteiger partial charge in [-0.25, -0.2) is 29.7 Å². The third-order valence-corrected chi connectivity index (χ3v) is 5.12. The summed E-state index contributed by atoms with van der Waals surface area (Å²) in [4.78, 5) is 36.4. The summed E-state index contributed by atoms with van der Waals surface area (Å²) in [5, 5.41) is 6.41. The first kappa shape index (κ1) is 20.0. The number of nitrogens with zero attached hydrogens (tertiary/aromatic N) is 7. The predicted molar refractivity (Wildman–Crippen MR) is 114 cm³/mol. The molecule has 1 fully saturated rings. The maximum atomic E-state index is 12.3. The second-order valence-electron chi connectivity index (χ2n) is 7.77. The van der Waals surface area contributed by atoms with Crippen molar-refractivity contribution in [2.75, 3.05) is 18.4 Å². The molecule has 0 radical (unpaired) electrons. The lowest BCUT2D eigenvalue weighted by Gasteiger charge is -2.19. The van der Waals surface area contributed by atoms with Crippen molar-refractivity contribution in [3.63, 3.8) is 0 Å². The maximum Gasteiger partial charge on any atom is 0.317 e. The minimum absolute atomic E-state index is 0.0287. The average molecular weight is 409 g/mol. The molecule has 2 amide bonds. The van der Waals surface area contributed by atoms with Crippen molar-refractivity contribution in [2.24, 2.45) is 0 Å². The summed E-state index contributed by atoms with van der Waals surface area (Å²) in [7, 11) is 0. The van der Waals surface area contributed by atoms with E-state index in [0.717, 1.165) is 23.5 Å². The van der Waals surface area contributed by atoms with Crippen LogP contribution < -0.4 is 10.6 Å². The van der Waals surface area contributed by atoms with Crippen LogP contribution in [0.5, 0.6) is 0 Å². The van der Waals surface area contributed by atoms with Crippen LogP contribution in [0, 0.1) is 6.92 Å². The quantitative estimate of drug-likeness (QED) is 0.664. The fourth-order valence-electron chi connectivity index (χ4n) is 3.66. The van der Waals surface area contributed by atoms with Gasteiger partial charge in [0.25, 0.3) is 0 Å². The first-order valence-corrected chi connectivity index (χ1v) is 10.3. The molecule has 2 N–H and O–H groups in total. The zero-order chi connectivity index (χ0) is 21.3. The molecule has 1 aliphatic heterocycles. The highest BCUT2D eigenvalue weighted by molar-refractivity contribution is 5.86. The third kappa shape index (κ3) is 3.89. The van der Waals surface area contributed by atoms with Gasteiger partial charge in [0.2, 0.25) is 0 Å². The molecule has 0 bridgehead atoms. The molecule has 4 rings (SSSR count). The number of rotatable bonds is 5. The van der Waals surface area contributed by atoms with E-state index in [0.29, 0.717) is 36.8 Å². The molecule has 3 aromatic heterocycles. The van der Waals surface area contributed by atoms with Gasteiger partial charge in [0.15, 0.2) is 17.0 Å². The van der Waals surface area contributed by atoms with Crippen molar-refractivity contribution < 1.29 is 4.79 Å². The molecule has 30 heavy (non-hydrogen) atoms. The summed E-state index contributed by atoms with van der Waals surface area (Å²) in [5.41, 5.74) is 2.31. The molecule has 4 heterocycles. The Labute approximate surface area is 175 Å². The predicted octanol–water partition coefficient (Wildman–Crippen LogP) is 2.22. The lowest BCUT2D eigenvalue weighted by molar-refractivity contribution is 0.206. The molecular formula is C20H27N9O. The zero-order valence-corrected chi connectivity index (χ0v) is 17.8. The maximum absolute atomic E-state index is 12.3. The fourth-order valence-corrected chi connectivity index (χ4v) is 3.66. The second kappa shape index (κ2) is 8.21. The molecule has 0 spiro atoms. The van der Waals surface area contributed by atoms with E-state index in [2.05, 4.69) is 37.5 Å². The van der Waals surface area contributed by atoms with Crippen LogP contribution >= 0.6 is 0 Å². The van der Waals surface area contributed by atoms with Gasteiger partial charge in [0.1, 0.15) is 18.0 Å². The number of amides is 2. The van der Waals surface area contributed by atoms with Crippen LogP contribution in [0.3, 0.4) is 0 Å². The number of nitrogens with one attached hydrogen (secondary N) is 2. The van der Waals surface area contributed by atoms with Crippen molar-refractivity contribution in [1.82, 2.24) is 39.7 Å². The first-order valence-electron chi connectivity index (χ1n) is 10.3. The Balaban J connectivity index is 1.60. The summed E-state index contributed by atoms with van der Waals surface area (Å²) >= 11 is 0. The Bertz CT molecular complexity index is 1040. The molecule has 1 aliphatic rings. The van der Waals surface area contributed by atoms with Gasteiger partial charge in [-0.15, -0.1) is 0 Å². The summed E-state index contributed by atoms with van der Waals surface area (Å²) in [5.74, 6) is 2.16. The molecule has 0 aromatic carbocycles. The second-order valence-corrected chi connectivity index (χ2v) is 7.77. The van der Waals surface area contributed by atoms with E-state index in [1.165, 1.54) is 0 Å². The number of urea groups is 1. The van der Waals surface area contributed by atoms with Crippen LogP contribution in [-0.2, 0) is 6.54 Å². The number of likely N-dealkylation sites (tertiary alicyclic amines) is 1. The topological polar surface area (TPSA) is 114 Å². The Morgan fingerprint density at radius 2 is 2.00 bits per heavy atom. The van der Waals surface area contributed by atoms with Crippen LogP contribution in [0.15, 0.2) is 18.7 Å². The number of hydrogen-bond acceptors (Lipinski definition) is 7. The molecule has 10 heteroatoms. The van der Waals surface area contributed by atoms with Crippen molar-refractivity contribution in [3.8, 4) is 11.4 Å². The molecular weight excluding hydrogens is 382 g/mol. The molecule has 0 unspecified atom stereocenters. The summed E-state index contributed by atoms with van der Waals surface area (Å²) < 4.78 is 2.03. The lowest BCUT2D eigenvalue weighted by atomic mass is 10.2. The number of aryl methyl sites for hydroxylation is 2. The Kier molecular flexibility index (Phi) is 5.47. The van der Waals surface area contributed by atoms with Gasteiger partial charge in [-0.2, -0.15) is 0 Å². The highest BCUT2D eigenvalue weighted by Crippen LogP contribution is 2.27. The van der Waals surface area contributed by atoms with Crippen molar-refractivity contribution in [3.05, 3.63) is 24.5 Å². The number of carbonyl (C=O) groups is 1. The van der Waals surface area contributed by atoms with Crippen LogP contribution in [0.1, 0.15) is 33.0 Å². The van der Waals surface area contributed by atoms with Crippen molar-refractivity contribution in [2.45, 2.75) is 52.7 Å². The number of carbonyl (C=O) groups excluding carboxylic acids is 1. The number of imidazole rings is 1. The Hall–Kier alpha value is -3.30. The van der Waals surface area contributed by atoms with Gasteiger partial charge < -0.3 is 20.1 Å². The van der Waals surface area contributed by atoms with Gasteiger partial charge in [-0.3, -0.25) is 0 Å². The molecule has 10 nitrogen and oxygen atoms in total. The van der Waals surface area contributed by atoms with Crippen LogP contribution in [0.25, 0.3) is 22.6 Å². The smallest absolute Gasteiger partial charge is 0.317 e. The lowest BCUT2D eigenvalue weighted by Crippen LogP contribution is -2.42. The van der Waals surface area contributed by atoms with E-state index in [-0.39, 0.29) is 18.1 Å². The molecule has 0 aliphatic carbocycles. The van der Waals surface area contributed by atoms with Gasteiger partial charge in [0.05, 0.1) is 5.56 Å². The molecule has 158 valence electrons. The summed E-state index contributed by atoms with van der Waals surface area (Å²) in [6, 6.07) is 0.200. The van der Waals surface area contributed by atoms with Gasteiger partial charge in [-0.05, 0) is 34.1 Å². The monoisotopic (exact) mass is 409 g/mol. The Morgan fingerprint density at radius 1 is 1.23 bits per heavy atom. The highest BCUT2D eigenvalue weighted by atomic mass is 16.2. The van der Waals surface area contributed by atoms with Crippen LogP contribution in [0.2, 0.25) is 0 Å². The first-order chi connectivity index (χ1) is 14.5. The van der Waals surface area contributed by atoms with Gasteiger partial charge >= 0.3 is 6.03 Å². The Morgan fingerprint density at radius 3 is 2.70 bits per heavy atom. The van der Waals surface area contributed by atoms with E-state index in [1.54, 1.807) is 18.7 Å². The minimum atomic E-state index is -0.0287. The number of aromatic nitrogens is 6. The normalized spacial score (nSPS) is 16.4. The fraction of sp³-hybridized carbons (Fsp3) is 0.500. The standard InChI is InChI=1S/C20H27N9O/c1-5-29-18(14-8-21-13(4)22-9-14)27-16-17(23-11-24-19(16)29)26-15-6-7-28(10-15)20(30)25-12(2)3/h8-9,11-12,15H,5-7,10H2,1-4H3,(H,25,30)(H,23,24,26)/t15-/m1/s1. The average Bonchev–Trinajstić information content (AvgIpc) is 3.33. The number of anilines is 1. The summed E-state index contributed by atoms with van der Waals surface area (Å²) in [6.45, 7) is 9.87. The molecule has 0 saturated carbocycles. The van der Waals surface area contributed by atoms with E-state index in [4.69, 9.17) is 4.98 Å². The number of fused-ring (bicyclic) bond motifs is 1. The van der Waals surface area contributed by atoms with E-state index in [9.17, 15) is 4.79 Å². The van der Waals surface area contributed by atoms with E-state index >= 15 is 0 Å². The summed E-state index contributed by atoms with van der Waals surface area (Å²) in [6.07, 6.45) is 5.95. The van der Waals surface area contributed by atoms with E-state index in [1.807, 2.05) is 30.2 Å². The molecule has 1 atom stereocenters. The molecule has 1 saturated heterocycles. The van der Waals surface area contributed by atoms with Crippen molar-refractivity contribution >= 4 is 23.0 Å². The largest absolute Gasteiger partial charge is 0.364 e. The molecule has 3 aromatic rings. The minimum Gasteiger partial charge on any atom is -0.364 e. The van der Waals surface area contributed by atoms with Crippen LogP contribution in [-0.4, -0.2) is 65.6 Å². The SMILES string of the molecule is CCn1c(-c2cnc(C)nc2)nc2c(N[C@@H]3CCN(C(=O)NC(C)C)C3)ncnc21. The van der Waals surface area contributed by atoms with Crippen molar-refractivity contribution in [1.29, 1.82) is 0 Å².